The average Bonchev–Trinajstić information content (AvgIpc) is 2.41. The number of β-amino-alcohol motifs (C(OH)–C–C–N with tert-alkyl or cyclic N) is 1. The van der Waals surface area contributed by atoms with Gasteiger partial charge in [0.15, 0.2) is 0 Å². The molecule has 0 atom stereocenters. The molecule has 0 aromatic heterocycles. The molecule has 3 N–H and O–H groups in total. The maximum atomic E-state index is 8.86. The maximum absolute atomic E-state index is 8.86. The van der Waals surface area contributed by atoms with Gasteiger partial charge < -0.3 is 15.7 Å². The summed E-state index contributed by atoms with van der Waals surface area (Å²) in [5.41, 5.74) is 5.48. The molecule has 0 spiro atoms. The summed E-state index contributed by atoms with van der Waals surface area (Å²) in [6.07, 6.45) is 1.98. The van der Waals surface area contributed by atoms with Gasteiger partial charge in [-0.1, -0.05) is 12.2 Å². The molecule has 4 nitrogen and oxygen atoms in total. The van der Waals surface area contributed by atoms with E-state index in [1.54, 1.807) is 0 Å². The van der Waals surface area contributed by atoms with Crippen molar-refractivity contribution < 1.29 is 5.11 Å². The second-order valence-corrected chi connectivity index (χ2v) is 4.50. The molecule has 5 heteroatoms. The van der Waals surface area contributed by atoms with E-state index in [0.717, 1.165) is 52.1 Å². The van der Waals surface area contributed by atoms with E-state index >= 15 is 0 Å². The molecule has 1 aliphatic rings. The fourth-order valence-corrected chi connectivity index (χ4v) is 1.97. The fraction of sp³-hybridized carbons (Fsp3) is 0.900. The van der Waals surface area contributed by atoms with E-state index in [2.05, 4.69) is 9.80 Å². The third-order valence-electron chi connectivity index (χ3n) is 2.77. The maximum Gasteiger partial charge on any atom is 0.0740 e. The summed E-state index contributed by atoms with van der Waals surface area (Å²) in [7, 11) is 0. The highest BCUT2D eigenvalue weighted by molar-refractivity contribution is 7.80. The second kappa shape index (κ2) is 7.11. The topological polar surface area (TPSA) is 52.7 Å². The number of nitrogens with two attached hydrogens (primary N) is 1. The van der Waals surface area contributed by atoms with Crippen LogP contribution in [0.4, 0.5) is 0 Å². The molecule has 0 aromatic carbocycles. The van der Waals surface area contributed by atoms with E-state index in [-0.39, 0.29) is 6.61 Å². The monoisotopic (exact) mass is 231 g/mol. The Balaban J connectivity index is 2.23. The third-order valence-corrected chi connectivity index (χ3v) is 2.98. The van der Waals surface area contributed by atoms with Gasteiger partial charge in [-0.05, 0) is 19.5 Å². The van der Waals surface area contributed by atoms with E-state index in [1.807, 2.05) is 0 Å². The van der Waals surface area contributed by atoms with Crippen molar-refractivity contribution in [3.63, 3.8) is 0 Å². The molecule has 0 aliphatic carbocycles. The number of hydrogen-bond acceptors (Lipinski definition) is 4. The minimum atomic E-state index is 0.257. The highest BCUT2D eigenvalue weighted by Crippen LogP contribution is 2.03. The molecule has 0 bridgehead atoms. The predicted octanol–water partition coefficient (Wildman–Crippen LogP) is -0.337. The lowest BCUT2D eigenvalue weighted by Gasteiger charge is -2.20. The molecule has 15 heavy (non-hydrogen) atoms. The molecule has 1 heterocycles. The van der Waals surface area contributed by atoms with Gasteiger partial charge in [-0.3, -0.25) is 4.90 Å². The lowest BCUT2D eigenvalue weighted by atomic mass is 10.3. The standard InChI is InChI=1S/C10H21N3OS/c11-10(15)2-5-12-3-1-4-13(7-6-12)8-9-14/h14H,1-9H2,(H2,11,15). The minimum Gasteiger partial charge on any atom is -0.395 e. The quantitative estimate of drug-likeness (QED) is 0.634. The van der Waals surface area contributed by atoms with E-state index in [0.29, 0.717) is 4.99 Å². The molecule has 1 saturated heterocycles. The minimum absolute atomic E-state index is 0.257. The first-order valence-electron chi connectivity index (χ1n) is 5.56. The highest BCUT2D eigenvalue weighted by Gasteiger charge is 2.13. The summed E-state index contributed by atoms with van der Waals surface area (Å²) in [6, 6.07) is 0. The Bertz CT molecular complexity index is 201. The number of aliphatic hydroxyl groups is 1. The zero-order valence-corrected chi connectivity index (χ0v) is 10.0. The molecule has 0 saturated carbocycles. The summed E-state index contributed by atoms with van der Waals surface area (Å²) in [6.45, 7) is 6.33. The Kier molecular flexibility index (Phi) is 6.09. The van der Waals surface area contributed by atoms with Crippen LogP contribution < -0.4 is 5.73 Å². The van der Waals surface area contributed by atoms with Crippen molar-refractivity contribution >= 4 is 17.2 Å². The van der Waals surface area contributed by atoms with Crippen LogP contribution in [0.15, 0.2) is 0 Å². The van der Waals surface area contributed by atoms with E-state index in [1.165, 1.54) is 0 Å². The summed E-state index contributed by atoms with van der Waals surface area (Å²) >= 11 is 4.87. The van der Waals surface area contributed by atoms with Gasteiger partial charge >= 0.3 is 0 Å². The van der Waals surface area contributed by atoms with Gasteiger partial charge in [0.1, 0.15) is 0 Å². The van der Waals surface area contributed by atoms with Crippen molar-refractivity contribution in [2.24, 2.45) is 5.73 Å². The number of hydrogen-bond donors (Lipinski definition) is 2. The van der Waals surface area contributed by atoms with Gasteiger partial charge in [-0.2, -0.15) is 0 Å². The molecule has 1 fully saturated rings. The summed E-state index contributed by atoms with van der Waals surface area (Å²) in [4.78, 5) is 5.31. The number of nitrogens with zero attached hydrogens (tertiary/aromatic N) is 2. The largest absolute Gasteiger partial charge is 0.395 e. The predicted molar refractivity (Wildman–Crippen MR) is 66.0 cm³/mol. The van der Waals surface area contributed by atoms with Crippen LogP contribution in [-0.2, 0) is 0 Å². The van der Waals surface area contributed by atoms with Crippen molar-refractivity contribution in [3.8, 4) is 0 Å². The Labute approximate surface area is 97.0 Å². The van der Waals surface area contributed by atoms with Crippen molar-refractivity contribution in [2.75, 3.05) is 45.9 Å². The first-order valence-corrected chi connectivity index (χ1v) is 5.97. The molecule has 1 rings (SSSR count). The van der Waals surface area contributed by atoms with Crippen molar-refractivity contribution in [3.05, 3.63) is 0 Å². The van der Waals surface area contributed by atoms with Crippen molar-refractivity contribution in [1.82, 2.24) is 9.80 Å². The number of rotatable bonds is 5. The van der Waals surface area contributed by atoms with Crippen LogP contribution in [0.5, 0.6) is 0 Å². The van der Waals surface area contributed by atoms with Crippen LogP contribution in [0.2, 0.25) is 0 Å². The zero-order chi connectivity index (χ0) is 11.1. The summed E-state index contributed by atoms with van der Waals surface area (Å²) in [5.74, 6) is 0. The van der Waals surface area contributed by atoms with Gasteiger partial charge in [0.05, 0.1) is 11.6 Å². The summed E-state index contributed by atoms with van der Waals surface area (Å²) in [5, 5.41) is 8.86. The lowest BCUT2D eigenvalue weighted by Crippen LogP contribution is -2.33. The van der Waals surface area contributed by atoms with Gasteiger partial charge in [0, 0.05) is 32.6 Å². The van der Waals surface area contributed by atoms with Gasteiger partial charge in [0.2, 0.25) is 0 Å². The van der Waals surface area contributed by atoms with Crippen molar-refractivity contribution in [2.45, 2.75) is 12.8 Å². The molecule has 1 aliphatic heterocycles. The third kappa shape index (κ3) is 5.41. The fourth-order valence-electron chi connectivity index (χ4n) is 1.88. The van der Waals surface area contributed by atoms with Crippen LogP contribution in [0.1, 0.15) is 12.8 Å². The Morgan fingerprint density at radius 1 is 1.13 bits per heavy atom. The van der Waals surface area contributed by atoms with E-state index in [4.69, 9.17) is 23.1 Å². The Morgan fingerprint density at radius 3 is 2.27 bits per heavy atom. The molecular weight excluding hydrogens is 210 g/mol. The number of aliphatic hydroxyl groups excluding tert-OH is 1. The van der Waals surface area contributed by atoms with Crippen LogP contribution in [0.3, 0.4) is 0 Å². The number of thiocarbonyl (C=S) groups is 1. The second-order valence-electron chi connectivity index (χ2n) is 3.98. The normalized spacial score (nSPS) is 20.1. The zero-order valence-electron chi connectivity index (χ0n) is 9.19. The molecule has 88 valence electrons. The van der Waals surface area contributed by atoms with Crippen LogP contribution in [-0.4, -0.2) is 65.8 Å². The molecule has 0 aromatic rings. The Morgan fingerprint density at radius 2 is 1.73 bits per heavy atom. The molecular formula is C10H21N3OS. The van der Waals surface area contributed by atoms with Gasteiger partial charge in [-0.25, -0.2) is 0 Å². The van der Waals surface area contributed by atoms with Crippen LogP contribution in [0.25, 0.3) is 0 Å². The first-order chi connectivity index (χ1) is 7.22. The summed E-state index contributed by atoms with van der Waals surface area (Å²) < 4.78 is 0. The Hall–Kier alpha value is -0.230. The van der Waals surface area contributed by atoms with Crippen LogP contribution in [0, 0.1) is 0 Å². The first kappa shape index (κ1) is 12.8. The average molecular weight is 231 g/mol. The van der Waals surface area contributed by atoms with Crippen LogP contribution >= 0.6 is 12.2 Å². The SMILES string of the molecule is NC(=S)CCN1CCCN(CCO)CC1. The lowest BCUT2D eigenvalue weighted by molar-refractivity contribution is 0.197. The van der Waals surface area contributed by atoms with Crippen molar-refractivity contribution in [1.29, 1.82) is 0 Å². The smallest absolute Gasteiger partial charge is 0.0740 e. The van der Waals surface area contributed by atoms with E-state index in [9.17, 15) is 0 Å². The van der Waals surface area contributed by atoms with E-state index < -0.39 is 0 Å². The van der Waals surface area contributed by atoms with Gasteiger partial charge in [-0.15, -0.1) is 0 Å². The molecule has 0 radical (unpaired) electrons. The molecule has 0 unspecified atom stereocenters. The molecule has 0 amide bonds. The van der Waals surface area contributed by atoms with Gasteiger partial charge in [0.25, 0.3) is 0 Å². The highest BCUT2D eigenvalue weighted by atomic mass is 32.1.